The molecule has 1 saturated heterocycles. The first-order valence-corrected chi connectivity index (χ1v) is 8.59. The van der Waals surface area contributed by atoms with Gasteiger partial charge < -0.3 is 19.7 Å². The predicted octanol–water partition coefficient (Wildman–Crippen LogP) is 2.79. The van der Waals surface area contributed by atoms with Crippen LogP contribution < -0.4 is 5.32 Å². The lowest BCUT2D eigenvalue weighted by atomic mass is 10.0. The van der Waals surface area contributed by atoms with Crippen molar-refractivity contribution in [2.45, 2.75) is 77.6 Å². The molecule has 0 radical (unpaired) electrons. The van der Waals surface area contributed by atoms with E-state index < -0.39 is 5.60 Å². The summed E-state index contributed by atoms with van der Waals surface area (Å²) in [6.45, 7) is 12.0. The van der Waals surface area contributed by atoms with Gasteiger partial charge in [-0.2, -0.15) is 0 Å². The van der Waals surface area contributed by atoms with Crippen LogP contribution >= 0.6 is 0 Å². The Hall–Kier alpha value is -0.810. The minimum atomic E-state index is -0.454. The fourth-order valence-corrected chi connectivity index (χ4v) is 3.07. The summed E-state index contributed by atoms with van der Waals surface area (Å²) in [6.07, 6.45) is 3.37. The van der Waals surface area contributed by atoms with Crippen LogP contribution in [0.15, 0.2) is 0 Å². The van der Waals surface area contributed by atoms with Crippen LogP contribution in [0.2, 0.25) is 0 Å². The number of nitrogens with one attached hydrogen (secondary N) is 1. The second-order valence-electron chi connectivity index (χ2n) is 7.83. The van der Waals surface area contributed by atoms with Crippen LogP contribution in [0, 0.1) is 5.92 Å². The molecule has 0 aromatic rings. The van der Waals surface area contributed by atoms with E-state index in [1.165, 1.54) is 12.8 Å². The van der Waals surface area contributed by atoms with E-state index in [1.807, 2.05) is 25.7 Å². The standard InChI is InChI=1S/C17H32N2O3/c1-12(18-13(2)14-6-7-14)10-15-11-21-9-8-19(15)16(20)22-17(3,4)5/h12-15,18H,6-11H2,1-5H3. The van der Waals surface area contributed by atoms with Crippen molar-refractivity contribution < 1.29 is 14.3 Å². The largest absolute Gasteiger partial charge is 0.444 e. The van der Waals surface area contributed by atoms with E-state index in [0.717, 1.165) is 12.3 Å². The monoisotopic (exact) mass is 312 g/mol. The van der Waals surface area contributed by atoms with Crippen LogP contribution in [0.4, 0.5) is 4.79 Å². The number of morpholine rings is 1. The van der Waals surface area contributed by atoms with Crippen molar-refractivity contribution in [1.82, 2.24) is 10.2 Å². The Morgan fingerprint density at radius 2 is 2.05 bits per heavy atom. The molecule has 1 aliphatic carbocycles. The van der Waals surface area contributed by atoms with Gasteiger partial charge in [0.05, 0.1) is 19.3 Å². The van der Waals surface area contributed by atoms with Crippen LogP contribution in [0.3, 0.4) is 0 Å². The third kappa shape index (κ3) is 5.43. The molecular weight excluding hydrogens is 280 g/mol. The molecule has 3 atom stereocenters. The van der Waals surface area contributed by atoms with Crippen molar-refractivity contribution in [1.29, 1.82) is 0 Å². The Morgan fingerprint density at radius 3 is 2.64 bits per heavy atom. The Morgan fingerprint density at radius 1 is 1.36 bits per heavy atom. The van der Waals surface area contributed by atoms with Gasteiger partial charge in [-0.3, -0.25) is 0 Å². The van der Waals surface area contributed by atoms with Crippen molar-refractivity contribution in [2.24, 2.45) is 5.92 Å². The third-order valence-electron chi connectivity index (χ3n) is 4.36. The maximum Gasteiger partial charge on any atom is 0.410 e. The molecular formula is C17H32N2O3. The molecule has 128 valence electrons. The molecule has 1 amide bonds. The Balaban J connectivity index is 1.86. The van der Waals surface area contributed by atoms with Crippen molar-refractivity contribution >= 4 is 6.09 Å². The van der Waals surface area contributed by atoms with E-state index in [0.29, 0.717) is 31.8 Å². The van der Waals surface area contributed by atoms with E-state index >= 15 is 0 Å². The highest BCUT2D eigenvalue weighted by Crippen LogP contribution is 2.32. The quantitative estimate of drug-likeness (QED) is 0.848. The van der Waals surface area contributed by atoms with Gasteiger partial charge in [0.15, 0.2) is 0 Å². The maximum atomic E-state index is 12.4. The van der Waals surface area contributed by atoms with Gasteiger partial charge in [-0.15, -0.1) is 0 Å². The number of amides is 1. The molecule has 2 rings (SSSR count). The van der Waals surface area contributed by atoms with Crippen LogP contribution in [-0.4, -0.2) is 54.5 Å². The minimum absolute atomic E-state index is 0.0949. The van der Waals surface area contributed by atoms with E-state index in [-0.39, 0.29) is 12.1 Å². The molecule has 2 fully saturated rings. The average Bonchev–Trinajstić information content (AvgIpc) is 3.21. The summed E-state index contributed by atoms with van der Waals surface area (Å²) < 4.78 is 11.1. The van der Waals surface area contributed by atoms with Crippen molar-refractivity contribution in [3.05, 3.63) is 0 Å². The first kappa shape index (κ1) is 17.5. The zero-order valence-corrected chi connectivity index (χ0v) is 14.7. The zero-order chi connectivity index (χ0) is 16.3. The van der Waals surface area contributed by atoms with E-state index in [4.69, 9.17) is 9.47 Å². The summed E-state index contributed by atoms with van der Waals surface area (Å²) in [7, 11) is 0. The Bertz CT molecular complexity index is 377. The Labute approximate surface area is 134 Å². The van der Waals surface area contributed by atoms with Gasteiger partial charge in [0.25, 0.3) is 0 Å². The summed E-state index contributed by atoms with van der Waals surface area (Å²) in [5, 5.41) is 3.66. The number of rotatable bonds is 5. The highest BCUT2D eigenvalue weighted by Gasteiger charge is 2.33. The lowest BCUT2D eigenvalue weighted by Gasteiger charge is -2.38. The molecule has 22 heavy (non-hydrogen) atoms. The Kier molecular flexibility index (Phi) is 5.72. The lowest BCUT2D eigenvalue weighted by Crippen LogP contribution is -2.52. The van der Waals surface area contributed by atoms with Crippen molar-refractivity contribution in [3.63, 3.8) is 0 Å². The first-order chi connectivity index (χ1) is 10.3. The summed E-state index contributed by atoms with van der Waals surface area (Å²) in [5.74, 6) is 0.840. The molecule has 5 nitrogen and oxygen atoms in total. The number of carbonyl (C=O) groups excluding carboxylic acids is 1. The van der Waals surface area contributed by atoms with Gasteiger partial charge in [-0.25, -0.2) is 4.79 Å². The average molecular weight is 312 g/mol. The highest BCUT2D eigenvalue weighted by atomic mass is 16.6. The van der Waals surface area contributed by atoms with E-state index in [1.54, 1.807) is 0 Å². The number of hydrogen-bond donors (Lipinski definition) is 1. The summed E-state index contributed by atoms with van der Waals surface area (Å²) >= 11 is 0. The number of nitrogens with zero attached hydrogens (tertiary/aromatic N) is 1. The van der Waals surface area contributed by atoms with E-state index in [2.05, 4.69) is 19.2 Å². The summed E-state index contributed by atoms with van der Waals surface area (Å²) in [5.41, 5.74) is -0.454. The predicted molar refractivity (Wildman–Crippen MR) is 86.9 cm³/mol. The number of ether oxygens (including phenoxy) is 2. The molecule has 2 aliphatic rings. The molecule has 0 spiro atoms. The van der Waals surface area contributed by atoms with Crippen molar-refractivity contribution in [2.75, 3.05) is 19.8 Å². The third-order valence-corrected chi connectivity index (χ3v) is 4.36. The van der Waals surface area contributed by atoms with Gasteiger partial charge in [-0.1, -0.05) is 0 Å². The second-order valence-corrected chi connectivity index (χ2v) is 7.83. The van der Waals surface area contributed by atoms with Gasteiger partial charge in [0, 0.05) is 18.6 Å². The highest BCUT2D eigenvalue weighted by molar-refractivity contribution is 5.68. The molecule has 0 aromatic heterocycles. The van der Waals surface area contributed by atoms with Crippen LogP contribution in [-0.2, 0) is 9.47 Å². The topological polar surface area (TPSA) is 50.8 Å². The number of hydrogen-bond acceptors (Lipinski definition) is 4. The zero-order valence-electron chi connectivity index (χ0n) is 14.7. The molecule has 1 heterocycles. The van der Waals surface area contributed by atoms with Crippen LogP contribution in [0.25, 0.3) is 0 Å². The lowest BCUT2D eigenvalue weighted by molar-refractivity contribution is -0.0357. The molecule has 0 aromatic carbocycles. The molecule has 5 heteroatoms. The second kappa shape index (κ2) is 7.18. The normalized spacial score (nSPS) is 25.7. The van der Waals surface area contributed by atoms with Crippen LogP contribution in [0.1, 0.15) is 53.9 Å². The fourth-order valence-electron chi connectivity index (χ4n) is 3.07. The molecule has 1 saturated carbocycles. The van der Waals surface area contributed by atoms with Crippen LogP contribution in [0.5, 0.6) is 0 Å². The summed E-state index contributed by atoms with van der Waals surface area (Å²) in [4.78, 5) is 14.2. The summed E-state index contributed by atoms with van der Waals surface area (Å²) in [6, 6.07) is 1.03. The van der Waals surface area contributed by atoms with Crippen molar-refractivity contribution in [3.8, 4) is 0 Å². The smallest absolute Gasteiger partial charge is 0.410 e. The molecule has 1 N–H and O–H groups in total. The fraction of sp³-hybridized carbons (Fsp3) is 0.941. The van der Waals surface area contributed by atoms with Gasteiger partial charge in [0.2, 0.25) is 0 Å². The van der Waals surface area contributed by atoms with Gasteiger partial charge in [-0.05, 0) is 59.8 Å². The van der Waals surface area contributed by atoms with E-state index in [9.17, 15) is 4.79 Å². The first-order valence-electron chi connectivity index (χ1n) is 8.59. The molecule has 1 aliphatic heterocycles. The van der Waals surface area contributed by atoms with Gasteiger partial charge in [0.1, 0.15) is 5.60 Å². The molecule has 0 bridgehead atoms. The number of carbonyl (C=O) groups is 1. The molecule has 3 unspecified atom stereocenters. The SMILES string of the molecule is CC(CC1COCCN1C(=O)OC(C)(C)C)NC(C)C1CC1. The maximum absolute atomic E-state index is 12.4. The van der Waals surface area contributed by atoms with Gasteiger partial charge >= 0.3 is 6.09 Å². The minimum Gasteiger partial charge on any atom is -0.444 e.